The average Bonchev–Trinajstić information content (AvgIpc) is 2.94. The van der Waals surface area contributed by atoms with Crippen molar-refractivity contribution in [2.24, 2.45) is 11.1 Å². The lowest BCUT2D eigenvalue weighted by atomic mass is 9.79. The second-order valence-corrected chi connectivity index (χ2v) is 7.91. The van der Waals surface area contributed by atoms with Crippen LogP contribution in [0.2, 0.25) is 5.02 Å². The Hall–Kier alpha value is -1.18. The number of aromatic nitrogens is 1. The molecule has 0 radical (unpaired) electrons. The summed E-state index contributed by atoms with van der Waals surface area (Å²) in [6.07, 6.45) is 2.04. The summed E-state index contributed by atoms with van der Waals surface area (Å²) in [6, 6.07) is 7.78. The lowest BCUT2D eigenvalue weighted by Gasteiger charge is -2.34. The predicted octanol–water partition coefficient (Wildman–Crippen LogP) is 3.81. The molecule has 2 aromatic rings. The molecule has 2 heterocycles. The number of thiazole rings is 1. The molecule has 1 aliphatic rings. The third kappa shape index (κ3) is 4.75. The predicted molar refractivity (Wildman–Crippen MR) is 109 cm³/mol. The molecule has 0 aliphatic carbocycles. The lowest BCUT2D eigenvalue weighted by Crippen LogP contribution is -2.46. The van der Waals surface area contributed by atoms with Crippen molar-refractivity contribution in [2.45, 2.75) is 26.2 Å². The lowest BCUT2D eigenvalue weighted by molar-refractivity contribution is -0.130. The van der Waals surface area contributed by atoms with Gasteiger partial charge in [-0.1, -0.05) is 23.7 Å². The zero-order valence-corrected chi connectivity index (χ0v) is 17.0. The summed E-state index contributed by atoms with van der Waals surface area (Å²) in [5.74, 6) is -0.0543. The fourth-order valence-corrected chi connectivity index (χ4v) is 4.20. The first kappa shape index (κ1) is 21.1. The molecule has 0 unspecified atom stereocenters. The van der Waals surface area contributed by atoms with Gasteiger partial charge in [-0.15, -0.1) is 23.7 Å². The Kier molecular flexibility index (Phi) is 7.43. The fraction of sp³-hybridized carbons (Fsp3) is 0.444. The van der Waals surface area contributed by atoms with Crippen molar-refractivity contribution in [3.63, 3.8) is 0 Å². The number of benzene rings is 1. The van der Waals surface area contributed by atoms with Crippen LogP contribution < -0.4 is 11.1 Å². The first-order valence-corrected chi connectivity index (χ1v) is 9.52. The molecule has 3 rings (SSSR count). The smallest absolute Gasteiger partial charge is 0.233 e. The average molecular weight is 416 g/mol. The van der Waals surface area contributed by atoms with E-state index >= 15 is 0 Å². The number of aryl methyl sites for hydroxylation is 1. The van der Waals surface area contributed by atoms with E-state index in [0.717, 1.165) is 27.6 Å². The number of anilines is 1. The number of hydrogen-bond donors (Lipinski definition) is 2. The third-order valence-electron chi connectivity index (χ3n) is 4.69. The molecule has 1 saturated heterocycles. The zero-order valence-electron chi connectivity index (χ0n) is 14.6. The Labute approximate surface area is 168 Å². The second-order valence-electron chi connectivity index (χ2n) is 6.39. The number of rotatable bonds is 5. The molecule has 3 N–H and O–H groups in total. The van der Waals surface area contributed by atoms with Crippen molar-refractivity contribution in [2.75, 3.05) is 25.1 Å². The number of carbonyl (C=O) groups excluding carboxylic acids is 1. The van der Waals surface area contributed by atoms with Gasteiger partial charge in [0.2, 0.25) is 5.91 Å². The molecular formula is C18H23Cl2N3O2S. The molecule has 8 heteroatoms. The Morgan fingerprint density at radius 3 is 2.81 bits per heavy atom. The first-order valence-electron chi connectivity index (χ1n) is 8.32. The highest BCUT2D eigenvalue weighted by Crippen LogP contribution is 2.32. The van der Waals surface area contributed by atoms with Gasteiger partial charge in [-0.2, -0.15) is 0 Å². The van der Waals surface area contributed by atoms with E-state index in [1.807, 2.05) is 31.2 Å². The number of nitrogens with one attached hydrogen (secondary N) is 1. The van der Waals surface area contributed by atoms with Crippen LogP contribution >= 0.6 is 35.3 Å². The molecule has 26 heavy (non-hydrogen) atoms. The highest BCUT2D eigenvalue weighted by molar-refractivity contribution is 7.15. The van der Waals surface area contributed by atoms with Crippen LogP contribution in [-0.2, 0) is 16.0 Å². The van der Waals surface area contributed by atoms with Gasteiger partial charge in [0.05, 0.1) is 11.1 Å². The Morgan fingerprint density at radius 1 is 1.42 bits per heavy atom. The quantitative estimate of drug-likeness (QED) is 0.777. The monoisotopic (exact) mass is 415 g/mol. The van der Waals surface area contributed by atoms with Crippen molar-refractivity contribution in [1.29, 1.82) is 0 Å². The van der Waals surface area contributed by atoms with Crippen molar-refractivity contribution < 1.29 is 9.53 Å². The van der Waals surface area contributed by atoms with Gasteiger partial charge in [0, 0.05) is 36.1 Å². The number of nitrogens with two attached hydrogens (primary N) is 1. The number of ether oxygens (including phenoxy) is 1. The number of carbonyl (C=O) groups is 1. The molecule has 0 bridgehead atoms. The van der Waals surface area contributed by atoms with Crippen LogP contribution in [0.5, 0.6) is 0 Å². The summed E-state index contributed by atoms with van der Waals surface area (Å²) in [7, 11) is 0. The van der Waals surface area contributed by atoms with E-state index in [9.17, 15) is 4.79 Å². The fourth-order valence-electron chi connectivity index (χ4n) is 2.99. The maximum atomic E-state index is 12.7. The van der Waals surface area contributed by atoms with Crippen LogP contribution in [0.25, 0.3) is 0 Å². The van der Waals surface area contributed by atoms with Gasteiger partial charge in [-0.25, -0.2) is 4.98 Å². The Morgan fingerprint density at radius 2 is 2.15 bits per heavy atom. The van der Waals surface area contributed by atoms with Crippen LogP contribution in [0.4, 0.5) is 5.13 Å². The largest absolute Gasteiger partial charge is 0.381 e. The standard InChI is InChI=1S/C18H22ClN3O2S.ClH/c1-12-15(10-13-3-2-4-14(19)9-13)25-17(21-12)22-16(23)18(11-20)5-7-24-8-6-18;/h2-4,9H,5-8,10-11,20H2,1H3,(H,21,22,23);1H. The maximum absolute atomic E-state index is 12.7. The van der Waals surface area contributed by atoms with E-state index < -0.39 is 5.41 Å². The minimum atomic E-state index is -0.551. The normalized spacial score (nSPS) is 16.0. The zero-order chi connectivity index (χ0) is 17.9. The molecule has 1 amide bonds. The molecular weight excluding hydrogens is 393 g/mol. The topological polar surface area (TPSA) is 77.2 Å². The molecule has 142 valence electrons. The van der Waals surface area contributed by atoms with Gasteiger partial charge in [-0.05, 0) is 37.5 Å². The van der Waals surface area contributed by atoms with Crippen LogP contribution in [0.1, 0.15) is 29.0 Å². The molecule has 0 saturated carbocycles. The molecule has 1 fully saturated rings. The van der Waals surface area contributed by atoms with Crippen LogP contribution in [0, 0.1) is 12.3 Å². The van der Waals surface area contributed by atoms with Gasteiger partial charge < -0.3 is 15.8 Å². The summed E-state index contributed by atoms with van der Waals surface area (Å²) >= 11 is 7.55. The van der Waals surface area contributed by atoms with Crippen molar-refractivity contribution in [1.82, 2.24) is 4.98 Å². The second kappa shape index (κ2) is 9.15. The minimum Gasteiger partial charge on any atom is -0.381 e. The van der Waals surface area contributed by atoms with Gasteiger partial charge in [0.15, 0.2) is 5.13 Å². The molecule has 0 atom stereocenters. The van der Waals surface area contributed by atoms with Crippen molar-refractivity contribution in [3.05, 3.63) is 45.4 Å². The highest BCUT2D eigenvalue weighted by atomic mass is 35.5. The van der Waals surface area contributed by atoms with Gasteiger partial charge in [-0.3, -0.25) is 4.79 Å². The first-order chi connectivity index (χ1) is 12.0. The third-order valence-corrected chi connectivity index (χ3v) is 6.00. The Balaban J connectivity index is 0.00000243. The molecule has 1 aromatic carbocycles. The van der Waals surface area contributed by atoms with Crippen molar-refractivity contribution >= 4 is 46.4 Å². The molecule has 5 nitrogen and oxygen atoms in total. The van der Waals surface area contributed by atoms with Gasteiger partial charge in [0.25, 0.3) is 0 Å². The highest BCUT2D eigenvalue weighted by Gasteiger charge is 2.39. The van der Waals surface area contributed by atoms with Crippen LogP contribution in [0.3, 0.4) is 0 Å². The SMILES string of the molecule is Cc1nc(NC(=O)C2(CN)CCOCC2)sc1Cc1cccc(Cl)c1.Cl. The van der Waals surface area contributed by atoms with Crippen molar-refractivity contribution in [3.8, 4) is 0 Å². The molecule has 0 spiro atoms. The Bertz CT molecular complexity index is 761. The van der Waals surface area contributed by atoms with E-state index in [-0.39, 0.29) is 18.3 Å². The van der Waals surface area contributed by atoms with E-state index in [4.69, 9.17) is 22.1 Å². The number of halogens is 2. The van der Waals surface area contributed by atoms with E-state index in [0.29, 0.717) is 37.7 Å². The van der Waals surface area contributed by atoms with Gasteiger partial charge >= 0.3 is 0 Å². The molecule has 1 aliphatic heterocycles. The summed E-state index contributed by atoms with van der Waals surface area (Å²) in [6.45, 7) is 3.42. The van der Waals surface area contributed by atoms with E-state index in [1.165, 1.54) is 11.3 Å². The van der Waals surface area contributed by atoms with Gasteiger partial charge in [0.1, 0.15) is 0 Å². The number of amides is 1. The maximum Gasteiger partial charge on any atom is 0.233 e. The van der Waals surface area contributed by atoms with Crippen LogP contribution in [-0.4, -0.2) is 30.6 Å². The molecule has 1 aromatic heterocycles. The summed E-state index contributed by atoms with van der Waals surface area (Å²) in [5, 5.41) is 4.31. The van der Waals surface area contributed by atoms with Crippen LogP contribution in [0.15, 0.2) is 24.3 Å². The summed E-state index contributed by atoms with van der Waals surface area (Å²) < 4.78 is 5.37. The number of hydrogen-bond acceptors (Lipinski definition) is 5. The summed E-state index contributed by atoms with van der Waals surface area (Å²) in [5.41, 5.74) is 7.40. The minimum absolute atomic E-state index is 0. The van der Waals surface area contributed by atoms with E-state index in [2.05, 4.69) is 10.3 Å². The van der Waals surface area contributed by atoms with E-state index in [1.54, 1.807) is 0 Å². The number of nitrogens with zero attached hydrogens (tertiary/aromatic N) is 1. The summed E-state index contributed by atoms with van der Waals surface area (Å²) in [4.78, 5) is 18.4.